The molecule has 2 aromatic carbocycles. The summed E-state index contributed by atoms with van der Waals surface area (Å²) in [7, 11) is -3.72. The maximum Gasteiger partial charge on any atom is 0.310 e. The van der Waals surface area contributed by atoms with Gasteiger partial charge in [-0.25, -0.2) is 8.42 Å². The van der Waals surface area contributed by atoms with Crippen LogP contribution in [0.2, 0.25) is 5.02 Å². The van der Waals surface area contributed by atoms with Gasteiger partial charge in [0.15, 0.2) is 9.84 Å². The number of para-hydroxylation sites is 1. The molecule has 9 heteroatoms. The molecular weight excluding hydrogens is 368 g/mol. The maximum absolute atomic E-state index is 11.8. The Hall–Kier alpha value is -2.32. The Morgan fingerprint density at radius 2 is 1.96 bits per heavy atom. The molecule has 0 aliphatic carbocycles. The number of halogens is 1. The predicted octanol–water partition coefficient (Wildman–Crippen LogP) is 3.53. The first-order valence-corrected chi connectivity index (χ1v) is 9.59. The van der Waals surface area contributed by atoms with E-state index in [0.29, 0.717) is 10.8 Å². The fourth-order valence-electron chi connectivity index (χ4n) is 2.22. The molecule has 0 amide bonds. The summed E-state index contributed by atoms with van der Waals surface area (Å²) in [6.45, 7) is 2.01. The monoisotopic (exact) mass is 384 g/mol. The zero-order valence-corrected chi connectivity index (χ0v) is 15.2. The van der Waals surface area contributed by atoms with E-state index >= 15 is 0 Å². The van der Waals surface area contributed by atoms with Gasteiger partial charge in [-0.15, -0.1) is 0 Å². The Bertz CT molecular complexity index is 886. The van der Waals surface area contributed by atoms with Gasteiger partial charge in [0.25, 0.3) is 0 Å². The van der Waals surface area contributed by atoms with Crippen molar-refractivity contribution >= 4 is 32.8 Å². The topological polar surface area (TPSA) is 98.5 Å². The van der Waals surface area contributed by atoms with Gasteiger partial charge in [-0.1, -0.05) is 23.7 Å². The number of nitro groups is 1. The van der Waals surface area contributed by atoms with Crippen LogP contribution in [0.4, 0.5) is 11.4 Å². The van der Waals surface area contributed by atoms with E-state index in [1.807, 2.05) is 0 Å². The van der Waals surface area contributed by atoms with Crippen LogP contribution in [-0.2, 0) is 9.84 Å². The third kappa shape index (κ3) is 5.07. The van der Waals surface area contributed by atoms with Gasteiger partial charge in [0.2, 0.25) is 0 Å². The second-order valence-corrected chi connectivity index (χ2v) is 7.87. The van der Waals surface area contributed by atoms with Crippen LogP contribution >= 0.6 is 11.6 Å². The predicted molar refractivity (Wildman–Crippen MR) is 96.2 cm³/mol. The summed E-state index contributed by atoms with van der Waals surface area (Å²) in [6.07, 6.45) is 0.601. The number of rotatable bonds is 7. The Morgan fingerprint density at radius 3 is 2.56 bits per heavy atom. The molecule has 0 aromatic heterocycles. The summed E-state index contributed by atoms with van der Waals surface area (Å²) < 4.78 is 29.2. The van der Waals surface area contributed by atoms with E-state index in [0.717, 1.165) is 6.26 Å². The summed E-state index contributed by atoms with van der Waals surface area (Å²) in [5, 5.41) is 14.7. The number of nitrogens with zero attached hydrogens (tertiary/aromatic N) is 1. The van der Waals surface area contributed by atoms with Crippen LogP contribution in [-0.4, -0.2) is 32.2 Å². The minimum absolute atomic E-state index is 0.120. The number of hydrogen-bond donors (Lipinski definition) is 1. The van der Waals surface area contributed by atoms with Crippen molar-refractivity contribution in [2.45, 2.75) is 17.9 Å². The number of benzene rings is 2. The second kappa shape index (κ2) is 7.71. The van der Waals surface area contributed by atoms with Gasteiger partial charge in [-0.2, -0.15) is 0 Å². The molecule has 1 unspecified atom stereocenters. The van der Waals surface area contributed by atoms with Crippen molar-refractivity contribution in [1.29, 1.82) is 0 Å². The lowest BCUT2D eigenvalue weighted by atomic mass is 10.2. The molecule has 0 radical (unpaired) electrons. The highest BCUT2D eigenvalue weighted by atomic mass is 35.5. The molecule has 0 aliphatic heterocycles. The van der Waals surface area contributed by atoms with Gasteiger partial charge in [0.1, 0.15) is 22.4 Å². The van der Waals surface area contributed by atoms with Crippen molar-refractivity contribution in [2.24, 2.45) is 0 Å². The van der Waals surface area contributed by atoms with E-state index in [2.05, 4.69) is 5.32 Å². The summed E-state index contributed by atoms with van der Waals surface area (Å²) >= 11 is 5.89. The molecule has 0 saturated heterocycles. The third-order valence-corrected chi connectivity index (χ3v) is 4.66. The van der Waals surface area contributed by atoms with Crippen molar-refractivity contribution in [1.82, 2.24) is 0 Å². The van der Waals surface area contributed by atoms with E-state index < -0.39 is 20.4 Å². The third-order valence-electron chi connectivity index (χ3n) is 3.29. The normalized spacial score (nSPS) is 12.4. The second-order valence-electron chi connectivity index (χ2n) is 5.45. The molecular formula is C16H17ClN2O5S. The number of hydrogen-bond acceptors (Lipinski definition) is 6. The highest BCUT2D eigenvalue weighted by Crippen LogP contribution is 2.32. The summed E-state index contributed by atoms with van der Waals surface area (Å²) in [4.78, 5) is 10.3. The van der Waals surface area contributed by atoms with Crippen LogP contribution < -0.4 is 10.1 Å². The zero-order chi connectivity index (χ0) is 18.6. The highest BCUT2D eigenvalue weighted by Gasteiger charge is 2.26. The first-order chi connectivity index (χ1) is 11.7. The van der Waals surface area contributed by atoms with Crippen LogP contribution in [0.1, 0.15) is 6.92 Å². The number of anilines is 1. The Labute approximate surface area is 150 Å². The van der Waals surface area contributed by atoms with Gasteiger partial charge in [-0.05, 0) is 37.3 Å². The molecule has 0 bridgehead atoms. The lowest BCUT2D eigenvalue weighted by Crippen LogP contribution is -2.23. The molecule has 2 aromatic rings. The average molecular weight is 385 g/mol. The first-order valence-electron chi connectivity index (χ1n) is 7.32. The molecule has 25 heavy (non-hydrogen) atoms. The van der Waals surface area contributed by atoms with Gasteiger partial charge in [0, 0.05) is 11.3 Å². The minimum Gasteiger partial charge on any atom is -0.489 e. The van der Waals surface area contributed by atoms with Gasteiger partial charge >= 0.3 is 5.69 Å². The fraction of sp³-hybridized carbons (Fsp3) is 0.250. The van der Waals surface area contributed by atoms with Crippen molar-refractivity contribution in [3.05, 3.63) is 57.6 Å². The van der Waals surface area contributed by atoms with Crippen molar-refractivity contribution in [2.75, 3.05) is 18.1 Å². The van der Waals surface area contributed by atoms with Crippen LogP contribution in [0.15, 0.2) is 47.4 Å². The molecule has 0 saturated carbocycles. The van der Waals surface area contributed by atoms with E-state index in [9.17, 15) is 18.5 Å². The van der Waals surface area contributed by atoms with Crippen LogP contribution in [0.25, 0.3) is 0 Å². The average Bonchev–Trinajstić information content (AvgIpc) is 2.51. The van der Waals surface area contributed by atoms with Crippen LogP contribution in [0, 0.1) is 10.1 Å². The molecule has 7 nitrogen and oxygen atoms in total. The van der Waals surface area contributed by atoms with E-state index in [1.165, 1.54) is 18.2 Å². The van der Waals surface area contributed by atoms with Crippen LogP contribution in [0.5, 0.6) is 5.75 Å². The Morgan fingerprint density at radius 1 is 1.28 bits per heavy atom. The van der Waals surface area contributed by atoms with Gasteiger partial charge in [0.05, 0.1) is 11.5 Å². The number of ether oxygens (including phenoxy) is 1. The van der Waals surface area contributed by atoms with Crippen molar-refractivity contribution < 1.29 is 18.1 Å². The van der Waals surface area contributed by atoms with Crippen molar-refractivity contribution in [3.8, 4) is 5.75 Å². The molecule has 134 valence electrons. The number of nitrogens with one attached hydrogen (secondary N) is 1. The van der Waals surface area contributed by atoms with Gasteiger partial charge < -0.3 is 10.1 Å². The molecule has 1 atom stereocenters. The lowest BCUT2D eigenvalue weighted by molar-refractivity contribution is -0.386. The molecule has 2 rings (SSSR count). The van der Waals surface area contributed by atoms with E-state index in [-0.39, 0.29) is 23.2 Å². The van der Waals surface area contributed by atoms with E-state index in [1.54, 1.807) is 31.2 Å². The standard InChI is InChI=1S/C16H17ClN2O5S/c1-11(24-13-6-3-5-12(17)9-13)10-18-14-7-4-8-15(25(2,22)23)16(14)19(20)21/h3-9,11,18H,10H2,1-2H3. The highest BCUT2D eigenvalue weighted by molar-refractivity contribution is 7.90. The van der Waals surface area contributed by atoms with Crippen molar-refractivity contribution in [3.63, 3.8) is 0 Å². The first kappa shape index (κ1) is 19.0. The van der Waals surface area contributed by atoms with Gasteiger partial charge in [-0.3, -0.25) is 10.1 Å². The molecule has 0 aliphatic rings. The minimum atomic E-state index is -3.72. The summed E-state index contributed by atoms with van der Waals surface area (Å²) in [5.41, 5.74) is -0.352. The quantitative estimate of drug-likeness (QED) is 0.579. The summed E-state index contributed by atoms with van der Waals surface area (Å²) in [5.74, 6) is 0.571. The Balaban J connectivity index is 2.16. The Kier molecular flexibility index (Phi) is 5.86. The van der Waals surface area contributed by atoms with E-state index in [4.69, 9.17) is 16.3 Å². The summed E-state index contributed by atoms with van der Waals surface area (Å²) in [6, 6.07) is 11.0. The molecule has 0 heterocycles. The smallest absolute Gasteiger partial charge is 0.310 e. The number of nitro benzene ring substituents is 1. The number of sulfone groups is 1. The molecule has 0 fully saturated rings. The lowest BCUT2D eigenvalue weighted by Gasteiger charge is -2.16. The maximum atomic E-state index is 11.8. The zero-order valence-electron chi connectivity index (χ0n) is 13.6. The fourth-order valence-corrected chi connectivity index (χ4v) is 3.26. The molecule has 0 spiro atoms. The SMILES string of the molecule is CC(CNc1cccc(S(C)(=O)=O)c1[N+](=O)[O-])Oc1cccc(Cl)c1. The largest absolute Gasteiger partial charge is 0.489 e. The van der Waals surface area contributed by atoms with Crippen LogP contribution in [0.3, 0.4) is 0 Å². The molecule has 1 N–H and O–H groups in total.